The van der Waals surface area contributed by atoms with Crippen LogP contribution in [0.1, 0.15) is 26.7 Å². The molecule has 0 N–H and O–H groups in total. The second-order valence-electron chi connectivity index (χ2n) is 8.04. The Hall–Kier alpha value is -3.15. The number of methoxy groups -OCH3 is 1. The number of hydrogen-bond donors (Lipinski definition) is 0. The van der Waals surface area contributed by atoms with E-state index in [1.807, 2.05) is 11.0 Å². The summed E-state index contributed by atoms with van der Waals surface area (Å²) in [6.07, 6.45) is 5.03. The van der Waals surface area contributed by atoms with Crippen LogP contribution in [0, 0.1) is 5.92 Å². The first kappa shape index (κ1) is 20.1. The zero-order chi connectivity index (χ0) is 21.1. The predicted octanol–water partition coefficient (Wildman–Crippen LogP) is 4.33. The lowest BCUT2D eigenvalue weighted by atomic mass is 9.97. The summed E-state index contributed by atoms with van der Waals surface area (Å²) >= 11 is 0. The lowest BCUT2D eigenvalue weighted by molar-refractivity contribution is -0.137. The van der Waals surface area contributed by atoms with Gasteiger partial charge in [-0.3, -0.25) is 4.79 Å². The molecule has 1 unspecified atom stereocenters. The minimum absolute atomic E-state index is 0.242. The van der Waals surface area contributed by atoms with Gasteiger partial charge < -0.3 is 14.4 Å². The lowest BCUT2D eigenvalue weighted by Gasteiger charge is -2.35. The number of rotatable bonds is 6. The summed E-state index contributed by atoms with van der Waals surface area (Å²) in [4.78, 5) is 22.4. The second kappa shape index (κ2) is 8.69. The van der Waals surface area contributed by atoms with Crippen molar-refractivity contribution in [3.05, 3.63) is 48.8 Å². The standard InChI is InChI=1S/C24H27N3O3/c1-16(2)27-14-17(4-9-23(27)28)15-30-22-8-7-18-10-19(5-6-20(18)11-22)21-12-25-24(29-3)26-13-21/h5-8,10-13,16-17H,4,9,14-15H2,1-3H3. The number of aromatic nitrogens is 2. The van der Waals surface area contributed by atoms with Crippen LogP contribution in [-0.4, -0.2) is 47.1 Å². The summed E-state index contributed by atoms with van der Waals surface area (Å²) in [7, 11) is 1.55. The minimum atomic E-state index is 0.242. The fraction of sp³-hybridized carbons (Fsp3) is 0.375. The highest BCUT2D eigenvalue weighted by Gasteiger charge is 2.27. The smallest absolute Gasteiger partial charge is 0.316 e. The first-order chi connectivity index (χ1) is 14.5. The number of hydrogen-bond acceptors (Lipinski definition) is 5. The van der Waals surface area contributed by atoms with E-state index in [-0.39, 0.29) is 11.9 Å². The maximum Gasteiger partial charge on any atom is 0.316 e. The van der Waals surface area contributed by atoms with Gasteiger partial charge in [0.2, 0.25) is 5.91 Å². The molecule has 6 heteroatoms. The fourth-order valence-electron chi connectivity index (χ4n) is 3.86. The molecule has 0 spiro atoms. The lowest BCUT2D eigenvalue weighted by Crippen LogP contribution is -2.45. The largest absolute Gasteiger partial charge is 0.493 e. The summed E-state index contributed by atoms with van der Waals surface area (Å²) in [6.45, 7) is 5.54. The summed E-state index contributed by atoms with van der Waals surface area (Å²) in [6, 6.07) is 13.0. The zero-order valence-electron chi connectivity index (χ0n) is 17.7. The third-order valence-electron chi connectivity index (χ3n) is 5.61. The summed E-state index contributed by atoms with van der Waals surface area (Å²) in [5.41, 5.74) is 2.00. The number of carbonyl (C=O) groups excluding carboxylic acids is 1. The van der Waals surface area contributed by atoms with Crippen LogP contribution in [0.15, 0.2) is 48.8 Å². The van der Waals surface area contributed by atoms with E-state index in [0.717, 1.165) is 40.6 Å². The molecule has 30 heavy (non-hydrogen) atoms. The summed E-state index contributed by atoms with van der Waals surface area (Å²) in [5.74, 6) is 1.49. The molecule has 156 valence electrons. The molecular formula is C24H27N3O3. The van der Waals surface area contributed by atoms with Gasteiger partial charge in [0.25, 0.3) is 0 Å². The molecule has 3 aromatic rings. The Morgan fingerprint density at radius 1 is 1.07 bits per heavy atom. The number of amides is 1. The third kappa shape index (κ3) is 4.37. The van der Waals surface area contributed by atoms with Gasteiger partial charge in [0.1, 0.15) is 5.75 Å². The molecule has 0 bridgehead atoms. The van der Waals surface area contributed by atoms with Gasteiger partial charge in [0.15, 0.2) is 0 Å². The predicted molar refractivity (Wildman–Crippen MR) is 117 cm³/mol. The molecule has 1 aliphatic heterocycles. The van der Waals surface area contributed by atoms with Crippen LogP contribution >= 0.6 is 0 Å². The summed E-state index contributed by atoms with van der Waals surface area (Å²) < 4.78 is 11.1. The van der Waals surface area contributed by atoms with E-state index >= 15 is 0 Å². The zero-order valence-corrected chi connectivity index (χ0v) is 17.7. The van der Waals surface area contributed by atoms with Crippen LogP contribution in [0.5, 0.6) is 11.8 Å². The van der Waals surface area contributed by atoms with Crippen molar-refractivity contribution in [2.45, 2.75) is 32.7 Å². The molecule has 6 nitrogen and oxygen atoms in total. The highest BCUT2D eigenvalue weighted by atomic mass is 16.5. The Morgan fingerprint density at radius 2 is 1.80 bits per heavy atom. The van der Waals surface area contributed by atoms with Crippen LogP contribution < -0.4 is 9.47 Å². The van der Waals surface area contributed by atoms with Gasteiger partial charge in [-0.25, -0.2) is 9.97 Å². The molecule has 2 heterocycles. The third-order valence-corrected chi connectivity index (χ3v) is 5.61. The van der Waals surface area contributed by atoms with E-state index in [0.29, 0.717) is 25.0 Å². The van der Waals surface area contributed by atoms with Gasteiger partial charge >= 0.3 is 6.01 Å². The van der Waals surface area contributed by atoms with Gasteiger partial charge in [-0.1, -0.05) is 18.2 Å². The van der Waals surface area contributed by atoms with E-state index in [4.69, 9.17) is 9.47 Å². The maximum atomic E-state index is 12.0. The molecule has 1 aromatic heterocycles. The number of ether oxygens (including phenoxy) is 2. The Kier molecular flexibility index (Phi) is 5.84. The topological polar surface area (TPSA) is 64.6 Å². The number of nitrogens with zero attached hydrogens (tertiary/aromatic N) is 3. The summed E-state index contributed by atoms with van der Waals surface area (Å²) in [5, 5.41) is 2.25. The highest BCUT2D eigenvalue weighted by molar-refractivity contribution is 5.88. The van der Waals surface area contributed by atoms with Crippen molar-refractivity contribution in [1.82, 2.24) is 14.9 Å². The number of benzene rings is 2. The van der Waals surface area contributed by atoms with Crippen molar-refractivity contribution in [1.29, 1.82) is 0 Å². The van der Waals surface area contributed by atoms with E-state index < -0.39 is 0 Å². The van der Waals surface area contributed by atoms with E-state index in [2.05, 4.69) is 54.1 Å². The Morgan fingerprint density at radius 3 is 2.53 bits per heavy atom. The van der Waals surface area contributed by atoms with Crippen LogP contribution in [-0.2, 0) is 4.79 Å². The van der Waals surface area contributed by atoms with Gasteiger partial charge in [-0.05, 0) is 54.8 Å². The number of likely N-dealkylation sites (tertiary alicyclic amines) is 1. The van der Waals surface area contributed by atoms with Gasteiger partial charge in [0, 0.05) is 42.9 Å². The molecule has 0 saturated carbocycles. The molecule has 4 rings (SSSR count). The molecule has 1 saturated heterocycles. The quantitative estimate of drug-likeness (QED) is 0.611. The minimum Gasteiger partial charge on any atom is -0.493 e. The maximum absolute atomic E-state index is 12.0. The van der Waals surface area contributed by atoms with Crippen molar-refractivity contribution >= 4 is 16.7 Å². The Labute approximate surface area is 176 Å². The van der Waals surface area contributed by atoms with Crippen molar-refractivity contribution < 1.29 is 14.3 Å². The molecule has 1 fully saturated rings. The monoisotopic (exact) mass is 405 g/mol. The fourth-order valence-corrected chi connectivity index (χ4v) is 3.86. The Bertz CT molecular complexity index is 1030. The molecule has 1 atom stereocenters. The first-order valence-electron chi connectivity index (χ1n) is 10.4. The first-order valence-corrected chi connectivity index (χ1v) is 10.4. The number of piperidine rings is 1. The molecule has 1 amide bonds. The number of carbonyl (C=O) groups is 1. The number of fused-ring (bicyclic) bond motifs is 1. The van der Waals surface area contributed by atoms with E-state index in [1.165, 1.54) is 0 Å². The van der Waals surface area contributed by atoms with Gasteiger partial charge in [-0.15, -0.1) is 0 Å². The molecule has 2 aromatic carbocycles. The average molecular weight is 405 g/mol. The van der Waals surface area contributed by atoms with Crippen molar-refractivity contribution in [2.24, 2.45) is 5.92 Å². The molecule has 1 aliphatic rings. The second-order valence-corrected chi connectivity index (χ2v) is 8.04. The molecule has 0 radical (unpaired) electrons. The van der Waals surface area contributed by atoms with Crippen LogP contribution in [0.3, 0.4) is 0 Å². The SMILES string of the molecule is COc1ncc(-c2ccc3cc(OCC4CCC(=O)N(C(C)C)C4)ccc3c2)cn1. The van der Waals surface area contributed by atoms with E-state index in [9.17, 15) is 4.79 Å². The average Bonchev–Trinajstić information content (AvgIpc) is 2.78. The van der Waals surface area contributed by atoms with Gasteiger partial charge in [0.05, 0.1) is 13.7 Å². The van der Waals surface area contributed by atoms with Crippen LogP contribution in [0.25, 0.3) is 21.9 Å². The van der Waals surface area contributed by atoms with Crippen molar-refractivity contribution in [3.63, 3.8) is 0 Å². The molecule has 0 aliphatic carbocycles. The van der Waals surface area contributed by atoms with Crippen molar-refractivity contribution in [3.8, 4) is 22.9 Å². The van der Waals surface area contributed by atoms with Crippen LogP contribution in [0.2, 0.25) is 0 Å². The normalized spacial score (nSPS) is 16.9. The van der Waals surface area contributed by atoms with Crippen LogP contribution in [0.4, 0.5) is 0 Å². The highest BCUT2D eigenvalue weighted by Crippen LogP contribution is 2.28. The van der Waals surface area contributed by atoms with E-state index in [1.54, 1.807) is 19.5 Å². The Balaban J connectivity index is 1.44. The molecular weight excluding hydrogens is 378 g/mol. The van der Waals surface area contributed by atoms with Crippen molar-refractivity contribution in [2.75, 3.05) is 20.3 Å². The van der Waals surface area contributed by atoms with Gasteiger partial charge in [-0.2, -0.15) is 0 Å².